The van der Waals surface area contributed by atoms with Gasteiger partial charge in [-0.2, -0.15) is 0 Å². The van der Waals surface area contributed by atoms with Crippen LogP contribution >= 0.6 is 0 Å². The van der Waals surface area contributed by atoms with Gasteiger partial charge in [-0.15, -0.1) is 0 Å². The molecule has 0 unspecified atom stereocenters. The van der Waals surface area contributed by atoms with E-state index in [-0.39, 0.29) is 6.61 Å². The number of hydrogen-bond acceptors (Lipinski definition) is 7. The Morgan fingerprint density at radius 3 is 2.28 bits per heavy atom. The second-order valence-electron chi connectivity index (χ2n) is 4.22. The molecule has 0 saturated carbocycles. The van der Waals surface area contributed by atoms with Crippen LogP contribution in [0.25, 0.3) is 0 Å². The zero-order valence-electron chi connectivity index (χ0n) is 10.5. The fraction of sp³-hybridized carbons (Fsp3) is 0.818. The van der Waals surface area contributed by atoms with Gasteiger partial charge in [0.15, 0.2) is 18.5 Å². The fourth-order valence-electron chi connectivity index (χ4n) is 2.25. The van der Waals surface area contributed by atoms with Crippen LogP contribution in [0.15, 0.2) is 0 Å². The van der Waals surface area contributed by atoms with Gasteiger partial charge in [0, 0.05) is 21.0 Å². The van der Waals surface area contributed by atoms with Gasteiger partial charge >= 0.3 is 11.9 Å². The summed E-state index contributed by atoms with van der Waals surface area (Å²) in [7, 11) is 1.45. The lowest BCUT2D eigenvalue weighted by Crippen LogP contribution is -2.56. The highest BCUT2D eigenvalue weighted by Gasteiger charge is 2.55. The van der Waals surface area contributed by atoms with Gasteiger partial charge in [0.25, 0.3) is 0 Å². The maximum atomic E-state index is 11.1. The van der Waals surface area contributed by atoms with E-state index in [9.17, 15) is 9.59 Å². The van der Waals surface area contributed by atoms with Gasteiger partial charge in [-0.05, 0) is 0 Å². The molecule has 0 amide bonds. The van der Waals surface area contributed by atoms with Crippen LogP contribution in [0.5, 0.6) is 0 Å². The van der Waals surface area contributed by atoms with Crippen LogP contribution in [0.2, 0.25) is 0 Å². The molecule has 0 aromatic heterocycles. The summed E-state index contributed by atoms with van der Waals surface area (Å²) in [5, 5.41) is 0. The molecule has 2 aliphatic heterocycles. The van der Waals surface area contributed by atoms with Gasteiger partial charge in [0.05, 0.1) is 6.61 Å². The van der Waals surface area contributed by atoms with E-state index in [1.807, 2.05) is 0 Å². The number of hydrogen-bond donors (Lipinski definition) is 0. The van der Waals surface area contributed by atoms with E-state index < -0.39 is 42.6 Å². The highest BCUT2D eigenvalue weighted by atomic mass is 16.7. The minimum atomic E-state index is -0.740. The van der Waals surface area contributed by atoms with E-state index in [2.05, 4.69) is 0 Å². The van der Waals surface area contributed by atoms with E-state index >= 15 is 0 Å². The second-order valence-corrected chi connectivity index (χ2v) is 4.22. The topological polar surface area (TPSA) is 80.3 Å². The van der Waals surface area contributed by atoms with Gasteiger partial charge in [0.2, 0.25) is 0 Å². The van der Waals surface area contributed by atoms with Crippen LogP contribution in [0.1, 0.15) is 13.8 Å². The molecule has 0 N–H and O–H groups in total. The molecule has 2 saturated heterocycles. The average Bonchev–Trinajstić information content (AvgIpc) is 2.55. The van der Waals surface area contributed by atoms with Crippen molar-refractivity contribution in [3.05, 3.63) is 0 Å². The highest BCUT2D eigenvalue weighted by molar-refractivity contribution is 5.67. The molecule has 0 aliphatic carbocycles. The summed E-state index contributed by atoms with van der Waals surface area (Å²) in [5.41, 5.74) is 0. The first-order valence-corrected chi connectivity index (χ1v) is 5.67. The normalized spacial score (nSPS) is 38.3. The molecule has 0 aromatic rings. The standard InChI is InChI=1S/C11H16O7/c1-5(12)16-8-7-4-15-9(8)10(17-6(2)13)11(14-3)18-7/h7-11H,4H2,1-3H3/t7-,8+,9-,10+,11+/m0/s1. The van der Waals surface area contributed by atoms with E-state index in [1.165, 1.54) is 21.0 Å². The summed E-state index contributed by atoms with van der Waals surface area (Å²) >= 11 is 0. The quantitative estimate of drug-likeness (QED) is 0.640. The third-order valence-electron chi connectivity index (χ3n) is 2.88. The predicted molar refractivity (Wildman–Crippen MR) is 56.5 cm³/mol. The summed E-state index contributed by atoms with van der Waals surface area (Å²) in [6, 6.07) is 0. The molecule has 2 fully saturated rings. The van der Waals surface area contributed by atoms with Crippen molar-refractivity contribution in [3.8, 4) is 0 Å². The third kappa shape index (κ3) is 2.47. The molecular weight excluding hydrogens is 244 g/mol. The van der Waals surface area contributed by atoms with Crippen LogP contribution in [0.3, 0.4) is 0 Å². The Labute approximate surface area is 104 Å². The van der Waals surface area contributed by atoms with Crippen molar-refractivity contribution in [2.24, 2.45) is 0 Å². The number of methoxy groups -OCH3 is 1. The Morgan fingerprint density at radius 1 is 1.11 bits per heavy atom. The van der Waals surface area contributed by atoms with Gasteiger partial charge in [-0.1, -0.05) is 0 Å². The lowest BCUT2D eigenvalue weighted by atomic mass is 10.0. The number of rotatable bonds is 3. The minimum Gasteiger partial charge on any atom is -0.457 e. The van der Waals surface area contributed by atoms with Crippen molar-refractivity contribution in [2.45, 2.75) is 44.6 Å². The molecule has 18 heavy (non-hydrogen) atoms. The van der Waals surface area contributed by atoms with Crippen LogP contribution in [-0.2, 0) is 33.3 Å². The van der Waals surface area contributed by atoms with Crippen molar-refractivity contribution in [2.75, 3.05) is 13.7 Å². The van der Waals surface area contributed by atoms with Gasteiger partial charge in [-0.25, -0.2) is 0 Å². The Hall–Kier alpha value is -1.18. The zero-order valence-corrected chi connectivity index (χ0v) is 10.5. The van der Waals surface area contributed by atoms with Crippen molar-refractivity contribution in [3.63, 3.8) is 0 Å². The molecule has 102 valence electrons. The number of ether oxygens (including phenoxy) is 5. The summed E-state index contributed by atoms with van der Waals surface area (Å²) in [6.45, 7) is 2.87. The maximum absolute atomic E-state index is 11.1. The van der Waals surface area contributed by atoms with Crippen LogP contribution in [0.4, 0.5) is 0 Å². The van der Waals surface area contributed by atoms with Crippen molar-refractivity contribution in [1.29, 1.82) is 0 Å². The summed E-state index contributed by atoms with van der Waals surface area (Å²) in [4.78, 5) is 22.1. The fourth-order valence-corrected chi connectivity index (χ4v) is 2.25. The van der Waals surface area contributed by atoms with E-state index in [0.29, 0.717) is 0 Å². The van der Waals surface area contributed by atoms with Crippen molar-refractivity contribution in [1.82, 2.24) is 0 Å². The monoisotopic (exact) mass is 260 g/mol. The number of esters is 2. The highest BCUT2D eigenvalue weighted by Crippen LogP contribution is 2.33. The minimum absolute atomic E-state index is 0.278. The number of fused-ring (bicyclic) bond motifs is 2. The summed E-state index contributed by atoms with van der Waals surface area (Å²) in [6.07, 6.45) is -2.97. The van der Waals surface area contributed by atoms with E-state index in [4.69, 9.17) is 23.7 Å². The lowest BCUT2D eigenvalue weighted by molar-refractivity contribution is -0.262. The molecule has 0 aromatic carbocycles. The Kier molecular flexibility index (Phi) is 3.84. The van der Waals surface area contributed by atoms with Crippen molar-refractivity contribution >= 4 is 11.9 Å². The molecular formula is C11H16O7. The Bertz CT molecular complexity index is 342. The van der Waals surface area contributed by atoms with Crippen molar-refractivity contribution < 1.29 is 33.3 Å². The second kappa shape index (κ2) is 5.21. The summed E-state index contributed by atoms with van der Waals surface area (Å²) in [5.74, 6) is -0.900. The molecule has 0 radical (unpaired) electrons. The molecule has 7 nitrogen and oxygen atoms in total. The molecule has 2 aliphatic rings. The van der Waals surface area contributed by atoms with Gasteiger partial charge in [-0.3, -0.25) is 9.59 Å². The van der Waals surface area contributed by atoms with Crippen LogP contribution in [0, 0.1) is 0 Å². The largest absolute Gasteiger partial charge is 0.457 e. The van der Waals surface area contributed by atoms with E-state index in [0.717, 1.165) is 0 Å². The molecule has 5 atom stereocenters. The first-order valence-electron chi connectivity index (χ1n) is 5.67. The Morgan fingerprint density at radius 2 is 1.72 bits per heavy atom. The zero-order chi connectivity index (χ0) is 13.3. The SMILES string of the molecule is CO[C@@H]1O[C@H]2CO[C@H]([C@H]1OC(C)=O)[C@@H]2OC(C)=O. The van der Waals surface area contributed by atoms with Gasteiger partial charge < -0.3 is 23.7 Å². The first kappa shape index (κ1) is 13.3. The maximum Gasteiger partial charge on any atom is 0.303 e. The lowest BCUT2D eigenvalue weighted by Gasteiger charge is -2.37. The Balaban J connectivity index is 2.14. The molecule has 2 bridgehead atoms. The predicted octanol–water partition coefficient (Wildman–Crippen LogP) is -0.380. The number of carbonyl (C=O) groups excluding carboxylic acids is 2. The van der Waals surface area contributed by atoms with Gasteiger partial charge in [0.1, 0.15) is 12.2 Å². The molecule has 7 heteroatoms. The number of carbonyl (C=O) groups is 2. The first-order chi connectivity index (χ1) is 8.52. The average molecular weight is 260 g/mol. The van der Waals surface area contributed by atoms with E-state index in [1.54, 1.807) is 0 Å². The summed E-state index contributed by atoms with van der Waals surface area (Å²) < 4.78 is 26.4. The van der Waals surface area contributed by atoms with Crippen LogP contribution in [-0.4, -0.2) is 56.4 Å². The molecule has 2 rings (SSSR count). The molecule has 0 spiro atoms. The van der Waals surface area contributed by atoms with Crippen LogP contribution < -0.4 is 0 Å². The smallest absolute Gasteiger partial charge is 0.303 e. The third-order valence-corrected chi connectivity index (χ3v) is 2.88. The molecule has 2 heterocycles.